The van der Waals surface area contributed by atoms with Crippen LogP contribution in [-0.2, 0) is 17.8 Å². The van der Waals surface area contributed by atoms with E-state index in [-0.39, 0.29) is 24.8 Å². The van der Waals surface area contributed by atoms with E-state index in [9.17, 15) is 14.3 Å². The molecule has 0 radical (unpaired) electrons. The van der Waals surface area contributed by atoms with Crippen LogP contribution in [0.15, 0.2) is 42.6 Å². The van der Waals surface area contributed by atoms with Crippen LogP contribution in [0.1, 0.15) is 18.1 Å². The first kappa shape index (κ1) is 17.0. The SMILES string of the molecule is CCOc1ccc(NC(=O)Cc2c[nH]c3ccc(F)cc23)cc1CO. The van der Waals surface area contributed by atoms with E-state index in [1.807, 2.05) is 6.92 Å². The minimum Gasteiger partial charge on any atom is -0.494 e. The maximum atomic E-state index is 13.4. The molecule has 0 aliphatic carbocycles. The molecule has 0 saturated heterocycles. The Labute approximate surface area is 144 Å². The number of H-pyrrole nitrogens is 1. The number of fused-ring (bicyclic) bond motifs is 1. The minimum atomic E-state index is -0.340. The van der Waals surface area contributed by atoms with Crippen LogP contribution >= 0.6 is 0 Å². The van der Waals surface area contributed by atoms with Crippen molar-refractivity contribution in [2.75, 3.05) is 11.9 Å². The van der Waals surface area contributed by atoms with Crippen LogP contribution < -0.4 is 10.1 Å². The number of aliphatic hydroxyl groups excluding tert-OH is 1. The van der Waals surface area contributed by atoms with Crippen LogP contribution in [0.5, 0.6) is 5.75 Å². The summed E-state index contributed by atoms with van der Waals surface area (Å²) in [6, 6.07) is 9.54. The summed E-state index contributed by atoms with van der Waals surface area (Å²) in [6.07, 6.45) is 1.83. The zero-order chi connectivity index (χ0) is 17.8. The number of halogens is 1. The molecule has 5 nitrogen and oxygen atoms in total. The first-order valence-corrected chi connectivity index (χ1v) is 8.02. The molecule has 6 heteroatoms. The van der Waals surface area contributed by atoms with Crippen molar-refractivity contribution in [1.29, 1.82) is 0 Å². The Balaban J connectivity index is 1.74. The summed E-state index contributed by atoms with van der Waals surface area (Å²) in [4.78, 5) is 15.3. The Morgan fingerprint density at radius 2 is 2.08 bits per heavy atom. The quantitative estimate of drug-likeness (QED) is 0.643. The van der Waals surface area contributed by atoms with E-state index in [0.717, 1.165) is 11.1 Å². The van der Waals surface area contributed by atoms with Crippen LogP contribution in [0.2, 0.25) is 0 Å². The lowest BCUT2D eigenvalue weighted by Crippen LogP contribution is -2.14. The number of nitrogens with one attached hydrogen (secondary N) is 2. The molecule has 0 atom stereocenters. The highest BCUT2D eigenvalue weighted by Crippen LogP contribution is 2.24. The van der Waals surface area contributed by atoms with E-state index >= 15 is 0 Å². The van der Waals surface area contributed by atoms with Gasteiger partial charge in [0.05, 0.1) is 19.6 Å². The molecule has 25 heavy (non-hydrogen) atoms. The van der Waals surface area contributed by atoms with Crippen molar-refractivity contribution in [2.45, 2.75) is 20.0 Å². The number of carbonyl (C=O) groups is 1. The first-order chi connectivity index (χ1) is 12.1. The van der Waals surface area contributed by atoms with Crippen molar-refractivity contribution in [3.8, 4) is 5.75 Å². The Morgan fingerprint density at radius 3 is 2.84 bits per heavy atom. The van der Waals surface area contributed by atoms with Gasteiger partial charge in [-0.1, -0.05) is 0 Å². The Hall–Kier alpha value is -2.86. The van der Waals surface area contributed by atoms with E-state index in [1.165, 1.54) is 12.1 Å². The van der Waals surface area contributed by atoms with Crippen molar-refractivity contribution in [3.63, 3.8) is 0 Å². The van der Waals surface area contributed by atoms with Crippen molar-refractivity contribution < 1.29 is 19.0 Å². The van der Waals surface area contributed by atoms with Gasteiger partial charge in [-0.3, -0.25) is 4.79 Å². The molecule has 0 saturated carbocycles. The first-order valence-electron chi connectivity index (χ1n) is 8.02. The van der Waals surface area contributed by atoms with Gasteiger partial charge in [0.25, 0.3) is 0 Å². The predicted octanol–water partition coefficient (Wildman–Crippen LogP) is 3.38. The highest BCUT2D eigenvalue weighted by molar-refractivity contribution is 5.95. The molecule has 0 bridgehead atoms. The summed E-state index contributed by atoms with van der Waals surface area (Å²) in [5.41, 5.74) is 2.69. The lowest BCUT2D eigenvalue weighted by molar-refractivity contribution is -0.115. The van der Waals surface area contributed by atoms with Gasteiger partial charge in [-0.05, 0) is 48.9 Å². The number of rotatable bonds is 6. The van der Waals surface area contributed by atoms with E-state index in [2.05, 4.69) is 10.3 Å². The van der Waals surface area contributed by atoms with E-state index in [1.54, 1.807) is 30.5 Å². The monoisotopic (exact) mass is 342 g/mol. The second-order valence-corrected chi connectivity index (χ2v) is 5.64. The van der Waals surface area contributed by atoms with Gasteiger partial charge in [-0.2, -0.15) is 0 Å². The van der Waals surface area contributed by atoms with Crippen molar-refractivity contribution in [2.24, 2.45) is 0 Å². The molecule has 1 aromatic heterocycles. The standard InChI is InChI=1S/C19H19FN2O3/c1-2-25-18-6-4-15(7-13(18)11-23)22-19(24)8-12-10-21-17-5-3-14(20)9-16(12)17/h3-7,9-10,21,23H,2,8,11H2,1H3,(H,22,24). The fourth-order valence-electron chi connectivity index (χ4n) is 2.75. The molecule has 3 aromatic rings. The maximum absolute atomic E-state index is 13.4. The topological polar surface area (TPSA) is 74.3 Å². The average molecular weight is 342 g/mol. The third-order valence-electron chi connectivity index (χ3n) is 3.89. The maximum Gasteiger partial charge on any atom is 0.228 e. The molecule has 3 rings (SSSR count). The summed E-state index contributed by atoms with van der Waals surface area (Å²) in [7, 11) is 0. The van der Waals surface area contributed by atoms with Gasteiger partial charge < -0.3 is 20.1 Å². The summed E-state index contributed by atoms with van der Waals surface area (Å²) < 4.78 is 18.8. The molecular formula is C19H19FN2O3. The van der Waals surface area contributed by atoms with E-state index in [4.69, 9.17) is 4.74 Å². The number of benzene rings is 2. The third kappa shape index (κ3) is 3.80. The average Bonchev–Trinajstić information content (AvgIpc) is 2.98. The molecule has 0 aliphatic rings. The van der Waals surface area contributed by atoms with Crippen LogP contribution in [0, 0.1) is 5.82 Å². The molecule has 0 unspecified atom stereocenters. The van der Waals surface area contributed by atoms with Crippen LogP contribution in [0.3, 0.4) is 0 Å². The minimum absolute atomic E-state index is 0.116. The second kappa shape index (κ2) is 7.36. The zero-order valence-electron chi connectivity index (χ0n) is 13.8. The van der Waals surface area contributed by atoms with E-state index in [0.29, 0.717) is 29.0 Å². The highest BCUT2D eigenvalue weighted by Gasteiger charge is 2.11. The van der Waals surface area contributed by atoms with Gasteiger partial charge in [-0.25, -0.2) is 4.39 Å². The number of ether oxygens (including phenoxy) is 1. The van der Waals surface area contributed by atoms with Crippen LogP contribution in [0.25, 0.3) is 10.9 Å². The number of amides is 1. The predicted molar refractivity (Wildman–Crippen MR) is 94.1 cm³/mol. The summed E-state index contributed by atoms with van der Waals surface area (Å²) >= 11 is 0. The summed E-state index contributed by atoms with van der Waals surface area (Å²) in [5, 5.41) is 12.9. The lowest BCUT2D eigenvalue weighted by Gasteiger charge is -2.11. The Morgan fingerprint density at radius 1 is 1.24 bits per heavy atom. The largest absolute Gasteiger partial charge is 0.494 e. The number of anilines is 1. The molecule has 0 aliphatic heterocycles. The van der Waals surface area contributed by atoms with Gasteiger partial charge >= 0.3 is 0 Å². The number of carbonyl (C=O) groups excluding carboxylic acids is 1. The molecule has 0 fully saturated rings. The molecule has 1 heterocycles. The number of aliphatic hydroxyl groups is 1. The molecular weight excluding hydrogens is 323 g/mol. The van der Waals surface area contributed by atoms with Gasteiger partial charge in [0, 0.05) is 28.4 Å². The summed E-state index contributed by atoms with van der Waals surface area (Å²) in [5.74, 6) is 0.0289. The fourth-order valence-corrected chi connectivity index (χ4v) is 2.75. The Bertz CT molecular complexity index is 905. The van der Waals surface area contributed by atoms with Crippen LogP contribution in [0.4, 0.5) is 10.1 Å². The van der Waals surface area contributed by atoms with Crippen LogP contribution in [-0.4, -0.2) is 22.6 Å². The fraction of sp³-hybridized carbons (Fsp3) is 0.211. The van der Waals surface area contributed by atoms with Crippen molar-refractivity contribution in [3.05, 3.63) is 59.5 Å². The zero-order valence-corrected chi connectivity index (χ0v) is 13.8. The number of aromatic amines is 1. The van der Waals surface area contributed by atoms with Gasteiger partial charge in [0.15, 0.2) is 0 Å². The third-order valence-corrected chi connectivity index (χ3v) is 3.89. The van der Waals surface area contributed by atoms with E-state index < -0.39 is 0 Å². The van der Waals surface area contributed by atoms with Crippen molar-refractivity contribution >= 4 is 22.5 Å². The van der Waals surface area contributed by atoms with Gasteiger partial charge in [0.1, 0.15) is 11.6 Å². The molecule has 1 amide bonds. The van der Waals surface area contributed by atoms with Crippen molar-refractivity contribution in [1.82, 2.24) is 4.98 Å². The molecule has 3 N–H and O–H groups in total. The van der Waals surface area contributed by atoms with Gasteiger partial charge in [0.2, 0.25) is 5.91 Å². The molecule has 130 valence electrons. The smallest absolute Gasteiger partial charge is 0.228 e. The number of aromatic nitrogens is 1. The molecule has 0 spiro atoms. The normalized spacial score (nSPS) is 10.8. The van der Waals surface area contributed by atoms with Gasteiger partial charge in [-0.15, -0.1) is 0 Å². The highest BCUT2D eigenvalue weighted by atomic mass is 19.1. The molecule has 2 aromatic carbocycles. The lowest BCUT2D eigenvalue weighted by atomic mass is 10.1. The number of hydrogen-bond donors (Lipinski definition) is 3. The summed E-state index contributed by atoms with van der Waals surface area (Å²) in [6.45, 7) is 2.18. The number of hydrogen-bond acceptors (Lipinski definition) is 3. The Kier molecular flexibility index (Phi) is 5.00. The second-order valence-electron chi connectivity index (χ2n) is 5.64.